The van der Waals surface area contributed by atoms with Crippen molar-refractivity contribution in [3.63, 3.8) is 0 Å². The van der Waals surface area contributed by atoms with Gasteiger partial charge in [0.2, 0.25) is 0 Å². The quantitative estimate of drug-likeness (QED) is 0.806. The Bertz CT molecular complexity index is 378. The van der Waals surface area contributed by atoms with Gasteiger partial charge in [0.25, 0.3) is 0 Å². The summed E-state index contributed by atoms with van der Waals surface area (Å²) in [6.45, 7) is 7.34. The summed E-state index contributed by atoms with van der Waals surface area (Å²) in [5.74, 6) is -0.291. The number of nitrogens with zero attached hydrogens (tertiary/aromatic N) is 3. The minimum absolute atomic E-state index is 0.0154. The monoisotopic (exact) mass is 251 g/mol. The van der Waals surface area contributed by atoms with Crippen LogP contribution in [0.5, 0.6) is 0 Å². The Morgan fingerprint density at radius 1 is 1.39 bits per heavy atom. The van der Waals surface area contributed by atoms with Crippen molar-refractivity contribution in [2.75, 3.05) is 11.4 Å². The highest BCUT2D eigenvalue weighted by atomic mass is 16.4. The summed E-state index contributed by atoms with van der Waals surface area (Å²) < 4.78 is 0. The molecular formula is C13H21N3O2. The molecule has 0 aliphatic heterocycles. The summed E-state index contributed by atoms with van der Waals surface area (Å²) in [6, 6.07) is 3.62. The van der Waals surface area contributed by atoms with Gasteiger partial charge in [-0.15, -0.1) is 10.2 Å². The average molecular weight is 251 g/mol. The minimum atomic E-state index is -1.04. The molecule has 1 aromatic rings. The van der Waals surface area contributed by atoms with Crippen molar-refractivity contribution in [3.8, 4) is 0 Å². The number of unbranched alkanes of at least 4 members (excludes halogenated alkanes) is 1. The van der Waals surface area contributed by atoms with Crippen LogP contribution in [0.3, 0.4) is 0 Å². The van der Waals surface area contributed by atoms with E-state index in [0.29, 0.717) is 6.04 Å². The fourth-order valence-corrected chi connectivity index (χ4v) is 1.70. The second kappa shape index (κ2) is 6.93. The third-order valence-corrected chi connectivity index (χ3v) is 3.04. The van der Waals surface area contributed by atoms with Crippen LogP contribution in [0.15, 0.2) is 12.1 Å². The molecule has 0 radical (unpaired) electrons. The van der Waals surface area contributed by atoms with Crippen LogP contribution in [-0.4, -0.2) is 33.9 Å². The maximum Gasteiger partial charge on any atom is 0.356 e. The van der Waals surface area contributed by atoms with Crippen molar-refractivity contribution in [1.82, 2.24) is 10.2 Å². The number of anilines is 1. The van der Waals surface area contributed by atoms with Crippen LogP contribution in [0.1, 0.15) is 50.5 Å². The molecule has 5 heteroatoms. The van der Waals surface area contributed by atoms with E-state index in [1.165, 1.54) is 6.07 Å². The molecule has 5 nitrogen and oxygen atoms in total. The summed E-state index contributed by atoms with van der Waals surface area (Å²) in [5.41, 5.74) is -0.0154. The molecule has 0 aliphatic carbocycles. The van der Waals surface area contributed by atoms with E-state index in [1.54, 1.807) is 6.07 Å². The van der Waals surface area contributed by atoms with Gasteiger partial charge in [-0.2, -0.15) is 0 Å². The largest absolute Gasteiger partial charge is 0.476 e. The number of hydrogen-bond acceptors (Lipinski definition) is 4. The molecule has 1 rings (SSSR count). The topological polar surface area (TPSA) is 66.3 Å². The van der Waals surface area contributed by atoms with Crippen LogP contribution < -0.4 is 4.90 Å². The van der Waals surface area contributed by atoms with Crippen molar-refractivity contribution in [1.29, 1.82) is 0 Å². The van der Waals surface area contributed by atoms with Gasteiger partial charge in [-0.3, -0.25) is 0 Å². The first-order valence-corrected chi connectivity index (χ1v) is 6.43. The third-order valence-electron chi connectivity index (χ3n) is 3.04. The molecule has 0 aliphatic rings. The normalized spacial score (nSPS) is 12.2. The van der Waals surface area contributed by atoms with Crippen LogP contribution in [0.25, 0.3) is 0 Å². The van der Waals surface area contributed by atoms with Crippen molar-refractivity contribution >= 4 is 11.8 Å². The molecule has 0 spiro atoms. The summed E-state index contributed by atoms with van der Waals surface area (Å²) >= 11 is 0. The van der Waals surface area contributed by atoms with Gasteiger partial charge >= 0.3 is 5.97 Å². The molecule has 1 unspecified atom stereocenters. The first-order chi connectivity index (χ1) is 8.60. The molecule has 0 amide bonds. The number of hydrogen-bond donors (Lipinski definition) is 1. The molecule has 0 bridgehead atoms. The minimum Gasteiger partial charge on any atom is -0.476 e. The van der Waals surface area contributed by atoms with Crippen LogP contribution in [0, 0.1) is 0 Å². The van der Waals surface area contributed by atoms with Gasteiger partial charge in [-0.05, 0) is 31.9 Å². The first-order valence-electron chi connectivity index (χ1n) is 6.43. The SMILES string of the molecule is CCCCN(c1ccc(C(=O)O)nn1)C(C)CC. The molecule has 1 N–H and O–H groups in total. The van der Waals surface area contributed by atoms with Gasteiger partial charge in [0.15, 0.2) is 11.5 Å². The lowest BCUT2D eigenvalue weighted by Gasteiger charge is -2.29. The average Bonchev–Trinajstić information content (AvgIpc) is 2.39. The number of aromatic carboxylic acids is 1. The maximum absolute atomic E-state index is 10.7. The van der Waals surface area contributed by atoms with E-state index < -0.39 is 5.97 Å². The second-order valence-corrected chi connectivity index (χ2v) is 4.39. The Morgan fingerprint density at radius 2 is 2.11 bits per heavy atom. The summed E-state index contributed by atoms with van der Waals surface area (Å²) in [5, 5.41) is 16.5. The van der Waals surface area contributed by atoms with E-state index in [-0.39, 0.29) is 5.69 Å². The Labute approximate surface area is 108 Å². The fourth-order valence-electron chi connectivity index (χ4n) is 1.70. The zero-order valence-corrected chi connectivity index (χ0v) is 11.3. The highest BCUT2D eigenvalue weighted by Crippen LogP contribution is 2.16. The predicted octanol–water partition coefficient (Wildman–Crippen LogP) is 2.58. The third kappa shape index (κ3) is 3.68. The van der Waals surface area contributed by atoms with Crippen molar-refractivity contribution < 1.29 is 9.90 Å². The molecule has 1 atom stereocenters. The van der Waals surface area contributed by atoms with Crippen LogP contribution in [-0.2, 0) is 0 Å². The zero-order chi connectivity index (χ0) is 13.5. The highest BCUT2D eigenvalue weighted by Gasteiger charge is 2.15. The lowest BCUT2D eigenvalue weighted by atomic mass is 10.2. The van der Waals surface area contributed by atoms with E-state index in [4.69, 9.17) is 5.11 Å². The van der Waals surface area contributed by atoms with Gasteiger partial charge in [-0.25, -0.2) is 4.79 Å². The number of aromatic nitrogens is 2. The summed E-state index contributed by atoms with van der Waals surface area (Å²) in [7, 11) is 0. The summed E-state index contributed by atoms with van der Waals surface area (Å²) in [6.07, 6.45) is 3.23. The number of carboxylic acids is 1. The molecule has 1 heterocycles. The van der Waals surface area contributed by atoms with Gasteiger partial charge < -0.3 is 10.0 Å². The Hall–Kier alpha value is -1.65. The lowest BCUT2D eigenvalue weighted by molar-refractivity contribution is 0.0689. The maximum atomic E-state index is 10.7. The van der Waals surface area contributed by atoms with Crippen molar-refractivity contribution in [2.45, 2.75) is 46.1 Å². The van der Waals surface area contributed by atoms with Gasteiger partial charge in [0, 0.05) is 12.6 Å². The lowest BCUT2D eigenvalue weighted by Crippen LogP contribution is -2.34. The standard InChI is InChI=1S/C13H21N3O2/c1-4-6-9-16(10(3)5-2)12-8-7-11(13(17)18)14-15-12/h7-8,10H,4-6,9H2,1-3H3,(H,17,18). The number of carbonyl (C=O) groups is 1. The van der Waals surface area contributed by atoms with E-state index in [0.717, 1.165) is 31.6 Å². The first kappa shape index (κ1) is 14.4. The fraction of sp³-hybridized carbons (Fsp3) is 0.615. The predicted molar refractivity (Wildman–Crippen MR) is 71.0 cm³/mol. The molecule has 18 heavy (non-hydrogen) atoms. The highest BCUT2D eigenvalue weighted by molar-refractivity contribution is 5.85. The van der Waals surface area contributed by atoms with E-state index in [9.17, 15) is 4.79 Å². The summed E-state index contributed by atoms with van der Waals surface area (Å²) in [4.78, 5) is 12.9. The molecule has 0 saturated carbocycles. The van der Waals surface area contributed by atoms with Crippen molar-refractivity contribution in [2.24, 2.45) is 0 Å². The molecule has 0 aromatic carbocycles. The van der Waals surface area contributed by atoms with Crippen LogP contribution in [0.4, 0.5) is 5.82 Å². The Morgan fingerprint density at radius 3 is 2.56 bits per heavy atom. The molecule has 100 valence electrons. The molecule has 0 saturated heterocycles. The van der Waals surface area contributed by atoms with Gasteiger partial charge in [-0.1, -0.05) is 20.3 Å². The molecule has 1 aromatic heterocycles. The van der Waals surface area contributed by atoms with Gasteiger partial charge in [0.1, 0.15) is 0 Å². The second-order valence-electron chi connectivity index (χ2n) is 4.39. The Kier molecular flexibility index (Phi) is 5.55. The molecule has 0 fully saturated rings. The van der Waals surface area contributed by atoms with Crippen molar-refractivity contribution in [3.05, 3.63) is 17.8 Å². The molecular weight excluding hydrogens is 230 g/mol. The zero-order valence-electron chi connectivity index (χ0n) is 11.3. The smallest absolute Gasteiger partial charge is 0.356 e. The Balaban J connectivity index is 2.87. The van der Waals surface area contributed by atoms with E-state index in [1.807, 2.05) is 0 Å². The van der Waals surface area contributed by atoms with Gasteiger partial charge in [0.05, 0.1) is 0 Å². The van der Waals surface area contributed by atoms with Crippen LogP contribution in [0.2, 0.25) is 0 Å². The number of rotatable bonds is 7. The van der Waals surface area contributed by atoms with E-state index >= 15 is 0 Å². The number of carboxylic acid groups (broad SMARTS) is 1. The van der Waals surface area contributed by atoms with E-state index in [2.05, 4.69) is 35.9 Å². The van der Waals surface area contributed by atoms with Crippen LogP contribution >= 0.6 is 0 Å².